The van der Waals surface area contributed by atoms with Crippen molar-refractivity contribution in [3.05, 3.63) is 59.2 Å². The van der Waals surface area contributed by atoms with Crippen LogP contribution in [-0.2, 0) is 0 Å². The van der Waals surface area contributed by atoms with Crippen molar-refractivity contribution in [2.75, 3.05) is 12.9 Å². The number of hydrogen-bond donors (Lipinski definition) is 0. The summed E-state index contributed by atoms with van der Waals surface area (Å²) in [6.45, 7) is 3.85. The van der Waals surface area contributed by atoms with Gasteiger partial charge in [-0.3, -0.25) is 4.79 Å². The number of halogens is 1. The second kappa shape index (κ2) is 7.65. The number of methoxy groups -OCH3 is 1. The molecule has 0 spiro atoms. The molecule has 0 unspecified atom stereocenters. The molecule has 0 atom stereocenters. The first kappa shape index (κ1) is 18.1. The van der Waals surface area contributed by atoms with Crippen molar-refractivity contribution in [1.82, 2.24) is 20.0 Å². The Bertz CT molecular complexity index is 941. The number of ether oxygens (including phenoxy) is 1. The molecule has 0 radical (unpaired) electrons. The molecular weight excluding hydrogens is 355 g/mol. The van der Waals surface area contributed by atoms with E-state index in [0.717, 1.165) is 11.4 Å². The van der Waals surface area contributed by atoms with Crippen LogP contribution in [0, 0.1) is 19.7 Å². The molecule has 1 aromatic carbocycles. The van der Waals surface area contributed by atoms with Crippen molar-refractivity contribution in [2.45, 2.75) is 18.9 Å². The van der Waals surface area contributed by atoms with E-state index >= 15 is 0 Å². The van der Waals surface area contributed by atoms with E-state index < -0.39 is 5.82 Å². The molecule has 0 N–H and O–H groups in total. The smallest absolute Gasteiger partial charge is 0.176 e. The van der Waals surface area contributed by atoms with Gasteiger partial charge in [0.05, 0.1) is 24.1 Å². The van der Waals surface area contributed by atoms with E-state index in [2.05, 4.69) is 15.3 Å². The Morgan fingerprint density at radius 3 is 2.62 bits per heavy atom. The molecule has 0 aliphatic heterocycles. The number of thioether (sulfide) groups is 1. The second-order valence-electron chi connectivity index (χ2n) is 5.63. The van der Waals surface area contributed by atoms with Gasteiger partial charge in [0.1, 0.15) is 16.6 Å². The van der Waals surface area contributed by atoms with Crippen LogP contribution in [0.1, 0.15) is 21.7 Å². The van der Waals surface area contributed by atoms with Gasteiger partial charge >= 0.3 is 0 Å². The molecule has 6 nitrogen and oxygen atoms in total. The summed E-state index contributed by atoms with van der Waals surface area (Å²) >= 11 is 1.23. The van der Waals surface area contributed by atoms with Gasteiger partial charge in [-0.2, -0.15) is 5.10 Å². The average Bonchev–Trinajstić information content (AvgIpc) is 2.98. The van der Waals surface area contributed by atoms with Gasteiger partial charge < -0.3 is 4.74 Å². The lowest BCUT2D eigenvalue weighted by atomic mass is 10.1. The number of rotatable bonds is 6. The first-order valence-corrected chi connectivity index (χ1v) is 8.83. The molecule has 0 bridgehead atoms. The van der Waals surface area contributed by atoms with Gasteiger partial charge in [0, 0.05) is 5.69 Å². The van der Waals surface area contributed by atoms with Crippen LogP contribution in [0.2, 0.25) is 0 Å². The number of carbonyl (C=O) groups is 1. The highest BCUT2D eigenvalue weighted by atomic mass is 32.2. The van der Waals surface area contributed by atoms with E-state index in [1.807, 2.05) is 19.9 Å². The van der Waals surface area contributed by atoms with Crippen molar-refractivity contribution in [1.29, 1.82) is 0 Å². The normalized spacial score (nSPS) is 10.8. The highest BCUT2D eigenvalue weighted by Crippen LogP contribution is 2.23. The summed E-state index contributed by atoms with van der Waals surface area (Å²) in [6.07, 6.45) is 0. The Balaban J connectivity index is 1.69. The fourth-order valence-electron chi connectivity index (χ4n) is 2.48. The number of Topliss-reactive ketones (excluding diaryl/α,β-unsaturated/α-hetero) is 1. The Morgan fingerprint density at radius 2 is 2.00 bits per heavy atom. The van der Waals surface area contributed by atoms with Crippen molar-refractivity contribution < 1.29 is 13.9 Å². The predicted octanol–water partition coefficient (Wildman–Crippen LogP) is 3.40. The predicted molar refractivity (Wildman–Crippen MR) is 96.6 cm³/mol. The molecule has 0 fully saturated rings. The summed E-state index contributed by atoms with van der Waals surface area (Å²) in [7, 11) is 1.44. The first-order valence-electron chi connectivity index (χ1n) is 7.85. The molecule has 134 valence electrons. The van der Waals surface area contributed by atoms with Gasteiger partial charge in [-0.05, 0) is 50.2 Å². The van der Waals surface area contributed by atoms with Crippen molar-refractivity contribution >= 4 is 17.5 Å². The Kier molecular flexibility index (Phi) is 5.32. The third-order valence-corrected chi connectivity index (χ3v) is 4.59. The third kappa shape index (κ3) is 3.91. The van der Waals surface area contributed by atoms with Gasteiger partial charge in [0.15, 0.2) is 11.6 Å². The van der Waals surface area contributed by atoms with Gasteiger partial charge in [0.2, 0.25) is 0 Å². The van der Waals surface area contributed by atoms with Gasteiger partial charge in [-0.25, -0.2) is 9.07 Å². The highest BCUT2D eigenvalue weighted by Gasteiger charge is 2.14. The Labute approximate surface area is 154 Å². The van der Waals surface area contributed by atoms with Gasteiger partial charge in [-0.1, -0.05) is 11.8 Å². The number of aromatic nitrogens is 4. The Morgan fingerprint density at radius 1 is 1.19 bits per heavy atom. The number of nitrogens with zero attached hydrogens (tertiary/aromatic N) is 4. The molecule has 2 aromatic heterocycles. The summed E-state index contributed by atoms with van der Waals surface area (Å²) in [5.41, 5.74) is 2.08. The third-order valence-electron chi connectivity index (χ3n) is 3.67. The van der Waals surface area contributed by atoms with Crippen LogP contribution < -0.4 is 4.74 Å². The average molecular weight is 372 g/mol. The van der Waals surface area contributed by atoms with Crippen molar-refractivity contribution in [2.24, 2.45) is 0 Å². The molecule has 0 saturated carbocycles. The van der Waals surface area contributed by atoms with Crippen LogP contribution >= 0.6 is 11.8 Å². The fraction of sp³-hybridized carbons (Fsp3) is 0.222. The topological polar surface area (TPSA) is 69.9 Å². The molecule has 3 aromatic rings. The highest BCUT2D eigenvalue weighted by molar-refractivity contribution is 7.99. The van der Waals surface area contributed by atoms with Crippen LogP contribution in [0.3, 0.4) is 0 Å². The Hall–Kier alpha value is -2.74. The van der Waals surface area contributed by atoms with E-state index in [4.69, 9.17) is 4.74 Å². The van der Waals surface area contributed by atoms with E-state index in [-0.39, 0.29) is 17.1 Å². The molecule has 2 heterocycles. The minimum atomic E-state index is -0.479. The molecular formula is C18H17FN4O2S. The van der Waals surface area contributed by atoms with Crippen LogP contribution in [0.4, 0.5) is 4.39 Å². The number of carbonyl (C=O) groups excluding carboxylic acids is 1. The number of hydrogen-bond acceptors (Lipinski definition) is 6. The molecule has 26 heavy (non-hydrogen) atoms. The van der Waals surface area contributed by atoms with Crippen LogP contribution in [0.5, 0.6) is 5.75 Å². The van der Waals surface area contributed by atoms with E-state index in [1.54, 1.807) is 16.8 Å². The standard InChI is InChI=1S/C18H17FN4O2S/c1-11-8-12(2)23(22-11)17-6-7-18(21-20-17)26-10-15(24)14-9-13(19)4-5-16(14)25-3/h4-9H,10H2,1-3H3. The SMILES string of the molecule is COc1ccc(F)cc1C(=O)CSc1ccc(-n2nc(C)cc2C)nn1. The summed E-state index contributed by atoms with van der Waals surface area (Å²) in [6, 6.07) is 9.40. The van der Waals surface area contributed by atoms with Crippen molar-refractivity contribution in [3.8, 4) is 11.6 Å². The molecule has 0 aliphatic rings. The number of ketones is 1. The van der Waals surface area contributed by atoms with E-state index in [1.165, 1.54) is 37.1 Å². The lowest BCUT2D eigenvalue weighted by Crippen LogP contribution is -2.07. The quantitative estimate of drug-likeness (QED) is 0.488. The zero-order chi connectivity index (χ0) is 18.7. The number of aryl methyl sites for hydroxylation is 2. The van der Waals surface area contributed by atoms with Gasteiger partial charge in [-0.15, -0.1) is 10.2 Å². The maximum Gasteiger partial charge on any atom is 0.176 e. The largest absolute Gasteiger partial charge is 0.496 e. The minimum Gasteiger partial charge on any atom is -0.496 e. The fourth-order valence-corrected chi connectivity index (χ4v) is 3.18. The maximum atomic E-state index is 13.4. The minimum absolute atomic E-state index is 0.105. The monoisotopic (exact) mass is 372 g/mol. The summed E-state index contributed by atoms with van der Waals surface area (Å²) < 4.78 is 20.2. The second-order valence-corrected chi connectivity index (χ2v) is 6.62. The van der Waals surface area contributed by atoms with Crippen LogP contribution in [0.15, 0.2) is 41.4 Å². The lowest BCUT2D eigenvalue weighted by Gasteiger charge is -2.07. The molecule has 0 saturated heterocycles. The van der Waals surface area contributed by atoms with E-state index in [0.29, 0.717) is 16.6 Å². The first-order chi connectivity index (χ1) is 12.5. The van der Waals surface area contributed by atoms with Crippen molar-refractivity contribution in [3.63, 3.8) is 0 Å². The van der Waals surface area contributed by atoms with E-state index in [9.17, 15) is 9.18 Å². The molecule has 8 heteroatoms. The summed E-state index contributed by atoms with van der Waals surface area (Å²) in [5, 5.41) is 13.2. The molecule has 3 rings (SSSR count). The van der Waals surface area contributed by atoms with Crippen LogP contribution in [0.25, 0.3) is 5.82 Å². The maximum absolute atomic E-state index is 13.4. The molecule has 0 amide bonds. The summed E-state index contributed by atoms with van der Waals surface area (Å²) in [5.74, 6) is 0.346. The lowest BCUT2D eigenvalue weighted by molar-refractivity contribution is 0.101. The van der Waals surface area contributed by atoms with Gasteiger partial charge in [0.25, 0.3) is 0 Å². The molecule has 0 aliphatic carbocycles. The summed E-state index contributed by atoms with van der Waals surface area (Å²) in [4.78, 5) is 12.4. The number of benzene rings is 1. The zero-order valence-corrected chi connectivity index (χ0v) is 15.4. The van der Waals surface area contributed by atoms with Crippen LogP contribution in [-0.4, -0.2) is 38.6 Å². The zero-order valence-electron chi connectivity index (χ0n) is 14.6.